The molecule has 1 aromatic rings. The lowest BCUT2D eigenvalue weighted by molar-refractivity contribution is -0.116. The second-order valence-electron chi connectivity index (χ2n) is 4.93. The van der Waals surface area contributed by atoms with E-state index >= 15 is 0 Å². The first-order valence-corrected chi connectivity index (χ1v) is 8.19. The van der Waals surface area contributed by atoms with Crippen molar-refractivity contribution in [2.24, 2.45) is 0 Å². The topological polar surface area (TPSA) is 95.5 Å². The fourth-order valence-corrected chi connectivity index (χ4v) is 2.09. The molecule has 0 aliphatic rings. The first kappa shape index (κ1) is 18.1. The summed E-state index contributed by atoms with van der Waals surface area (Å²) in [7, 11) is 3.27. The minimum Gasteiger partial charge on any atom is -0.351 e. The van der Waals surface area contributed by atoms with Crippen LogP contribution in [0, 0.1) is 0 Å². The number of sulfonamides is 1. The minimum absolute atomic E-state index is 0.0553. The highest BCUT2D eigenvalue weighted by atomic mass is 32.2. The molecule has 9 heteroatoms. The lowest BCUT2D eigenvalue weighted by Gasteiger charge is -2.10. The van der Waals surface area contributed by atoms with Crippen LogP contribution >= 0.6 is 0 Å². The summed E-state index contributed by atoms with van der Waals surface area (Å²) in [6, 6.07) is 0. The van der Waals surface area contributed by atoms with Gasteiger partial charge in [0.25, 0.3) is 0 Å². The van der Waals surface area contributed by atoms with E-state index in [0.29, 0.717) is 11.5 Å². The number of aromatic nitrogens is 2. The van der Waals surface area contributed by atoms with Crippen molar-refractivity contribution < 1.29 is 13.2 Å². The van der Waals surface area contributed by atoms with Crippen molar-refractivity contribution in [3.63, 3.8) is 0 Å². The summed E-state index contributed by atoms with van der Waals surface area (Å²) < 4.78 is 24.2. The summed E-state index contributed by atoms with van der Waals surface area (Å²) in [5, 5.41) is 2.51. The second kappa shape index (κ2) is 7.85. The van der Waals surface area contributed by atoms with Crippen molar-refractivity contribution in [1.29, 1.82) is 0 Å². The highest BCUT2D eigenvalue weighted by molar-refractivity contribution is 7.89. The Morgan fingerprint density at radius 2 is 1.82 bits per heavy atom. The summed E-state index contributed by atoms with van der Waals surface area (Å²) in [4.78, 5) is 21.6. The van der Waals surface area contributed by atoms with Gasteiger partial charge >= 0.3 is 0 Å². The first-order chi connectivity index (χ1) is 10.2. The van der Waals surface area contributed by atoms with Crippen LogP contribution in [0.15, 0.2) is 18.5 Å². The largest absolute Gasteiger partial charge is 0.351 e. The molecule has 0 aliphatic heterocycles. The molecular weight excluding hydrogens is 306 g/mol. The average Bonchev–Trinajstić information content (AvgIpc) is 2.45. The van der Waals surface area contributed by atoms with Crippen LogP contribution in [0.1, 0.15) is 5.56 Å². The van der Waals surface area contributed by atoms with E-state index in [2.05, 4.69) is 15.3 Å². The highest BCUT2D eigenvalue weighted by Gasteiger charge is 2.12. The SMILES string of the molecule is CN(C)c1ncc(C=CC(=O)NCCS(=O)(=O)N(C)C)cn1. The Labute approximate surface area is 130 Å². The average molecular weight is 327 g/mol. The second-order valence-corrected chi connectivity index (χ2v) is 7.24. The zero-order valence-corrected chi connectivity index (χ0v) is 14.0. The molecule has 1 amide bonds. The Balaban J connectivity index is 2.48. The number of carbonyl (C=O) groups is 1. The monoisotopic (exact) mass is 327 g/mol. The predicted molar refractivity (Wildman–Crippen MR) is 85.9 cm³/mol. The molecule has 0 radical (unpaired) electrons. The van der Waals surface area contributed by atoms with E-state index < -0.39 is 10.0 Å². The zero-order valence-electron chi connectivity index (χ0n) is 13.1. The van der Waals surface area contributed by atoms with Crippen molar-refractivity contribution in [2.45, 2.75) is 0 Å². The molecule has 0 spiro atoms. The van der Waals surface area contributed by atoms with Crippen LogP contribution in [0.4, 0.5) is 5.95 Å². The van der Waals surface area contributed by atoms with Crippen LogP contribution in [0.3, 0.4) is 0 Å². The van der Waals surface area contributed by atoms with E-state index in [9.17, 15) is 13.2 Å². The number of hydrogen-bond donors (Lipinski definition) is 1. The molecule has 0 bridgehead atoms. The van der Waals surface area contributed by atoms with Crippen LogP contribution in [-0.4, -0.2) is 69.1 Å². The number of amides is 1. The number of rotatable bonds is 7. The molecule has 122 valence electrons. The maximum Gasteiger partial charge on any atom is 0.244 e. The fourth-order valence-electron chi connectivity index (χ4n) is 1.36. The summed E-state index contributed by atoms with van der Waals surface area (Å²) in [6.07, 6.45) is 6.08. The van der Waals surface area contributed by atoms with Gasteiger partial charge in [0, 0.05) is 58.8 Å². The number of anilines is 1. The van der Waals surface area contributed by atoms with E-state index in [1.54, 1.807) is 23.4 Å². The van der Waals surface area contributed by atoms with Gasteiger partial charge < -0.3 is 10.2 Å². The molecule has 8 nitrogen and oxygen atoms in total. The molecule has 1 rings (SSSR count). The van der Waals surface area contributed by atoms with Crippen molar-refractivity contribution in [2.75, 3.05) is 45.4 Å². The third kappa shape index (κ3) is 5.78. The van der Waals surface area contributed by atoms with E-state index in [-0.39, 0.29) is 18.2 Å². The smallest absolute Gasteiger partial charge is 0.244 e. The lowest BCUT2D eigenvalue weighted by Crippen LogP contribution is -2.33. The molecule has 0 saturated carbocycles. The molecule has 0 aromatic carbocycles. The van der Waals surface area contributed by atoms with Crippen LogP contribution in [0.5, 0.6) is 0 Å². The fraction of sp³-hybridized carbons (Fsp3) is 0.462. The quantitative estimate of drug-likeness (QED) is 0.682. The summed E-state index contributed by atoms with van der Waals surface area (Å²) in [5.41, 5.74) is 0.682. The maximum absolute atomic E-state index is 11.6. The summed E-state index contributed by atoms with van der Waals surface area (Å²) in [5.74, 6) is 0.0707. The van der Waals surface area contributed by atoms with Gasteiger partial charge in [-0.05, 0) is 6.08 Å². The molecular formula is C13H21N5O3S. The van der Waals surface area contributed by atoms with Crippen LogP contribution in [0.2, 0.25) is 0 Å². The third-order valence-corrected chi connectivity index (χ3v) is 4.53. The van der Waals surface area contributed by atoms with E-state index in [0.717, 1.165) is 4.31 Å². The van der Waals surface area contributed by atoms with Crippen LogP contribution < -0.4 is 10.2 Å². The molecule has 0 unspecified atom stereocenters. The third-order valence-electron chi connectivity index (χ3n) is 2.70. The molecule has 1 N–H and O–H groups in total. The summed E-state index contributed by atoms with van der Waals surface area (Å²) >= 11 is 0. The number of nitrogens with zero attached hydrogens (tertiary/aromatic N) is 4. The minimum atomic E-state index is -3.30. The van der Waals surface area contributed by atoms with Gasteiger partial charge in [-0.2, -0.15) is 0 Å². The Bertz CT molecular complexity index is 624. The Morgan fingerprint density at radius 3 is 2.32 bits per heavy atom. The van der Waals surface area contributed by atoms with Gasteiger partial charge in [-0.25, -0.2) is 22.7 Å². The van der Waals surface area contributed by atoms with Gasteiger partial charge in [0.2, 0.25) is 21.9 Å². The standard InChI is InChI=1S/C13H21N5O3S/c1-17(2)13-15-9-11(10-16-13)5-6-12(19)14-7-8-22(20,21)18(3)4/h5-6,9-10H,7-8H2,1-4H3,(H,14,19). The van der Waals surface area contributed by atoms with E-state index in [4.69, 9.17) is 0 Å². The molecule has 0 atom stereocenters. The molecule has 1 aromatic heterocycles. The summed E-state index contributed by atoms with van der Waals surface area (Å²) in [6.45, 7) is 0.0553. The molecule has 0 aliphatic carbocycles. The van der Waals surface area contributed by atoms with Gasteiger partial charge in [0.05, 0.1) is 5.75 Å². The first-order valence-electron chi connectivity index (χ1n) is 6.58. The molecule has 0 saturated heterocycles. The van der Waals surface area contributed by atoms with Gasteiger partial charge in [-0.15, -0.1) is 0 Å². The highest BCUT2D eigenvalue weighted by Crippen LogP contribution is 2.04. The maximum atomic E-state index is 11.6. The number of carbonyl (C=O) groups excluding carboxylic acids is 1. The number of hydrogen-bond acceptors (Lipinski definition) is 6. The molecule has 22 heavy (non-hydrogen) atoms. The van der Waals surface area contributed by atoms with Gasteiger partial charge in [0.15, 0.2) is 0 Å². The Hall–Kier alpha value is -2.00. The normalized spacial score (nSPS) is 11.9. The predicted octanol–water partition coefficient (Wildman–Crippen LogP) is -0.437. The number of nitrogens with one attached hydrogen (secondary N) is 1. The van der Waals surface area contributed by atoms with Gasteiger partial charge in [0.1, 0.15) is 0 Å². The van der Waals surface area contributed by atoms with Gasteiger partial charge in [-0.1, -0.05) is 0 Å². The van der Waals surface area contributed by atoms with Crippen molar-refractivity contribution >= 4 is 28.0 Å². The van der Waals surface area contributed by atoms with Gasteiger partial charge in [-0.3, -0.25) is 4.79 Å². The lowest BCUT2D eigenvalue weighted by atomic mass is 10.3. The van der Waals surface area contributed by atoms with Crippen molar-refractivity contribution in [1.82, 2.24) is 19.6 Å². The van der Waals surface area contributed by atoms with Crippen LogP contribution in [0.25, 0.3) is 6.08 Å². The Morgan fingerprint density at radius 1 is 1.23 bits per heavy atom. The molecule has 1 heterocycles. The van der Waals surface area contributed by atoms with Crippen LogP contribution in [-0.2, 0) is 14.8 Å². The Kier molecular flexibility index (Phi) is 6.44. The van der Waals surface area contributed by atoms with Crippen molar-refractivity contribution in [3.8, 4) is 0 Å². The van der Waals surface area contributed by atoms with E-state index in [1.807, 2.05) is 14.1 Å². The van der Waals surface area contributed by atoms with Crippen molar-refractivity contribution in [3.05, 3.63) is 24.0 Å². The molecule has 0 fully saturated rings. The van der Waals surface area contributed by atoms with E-state index in [1.165, 1.54) is 20.2 Å². The zero-order chi connectivity index (χ0) is 16.8.